The Hall–Kier alpha value is -4.06. The second kappa shape index (κ2) is 10.7. The first-order chi connectivity index (χ1) is 18.4. The minimum atomic E-state index is -0.615. The SMILES string of the molecule is Cc1cc(F)cc(-c2cnc3ccc(-c4cc(F)cc(C#N)c4O)cc3c2N2CC(CNCCCO)C2)c1. The van der Waals surface area contributed by atoms with E-state index in [1.165, 1.54) is 18.2 Å². The largest absolute Gasteiger partial charge is 0.506 e. The van der Waals surface area contributed by atoms with Crippen molar-refractivity contribution in [1.82, 2.24) is 10.3 Å². The summed E-state index contributed by atoms with van der Waals surface area (Å²) < 4.78 is 28.7. The number of nitrogens with zero attached hydrogens (tertiary/aromatic N) is 3. The average molecular weight is 515 g/mol. The quantitative estimate of drug-likeness (QED) is 0.282. The van der Waals surface area contributed by atoms with Gasteiger partial charge >= 0.3 is 0 Å². The van der Waals surface area contributed by atoms with E-state index < -0.39 is 5.82 Å². The minimum absolute atomic E-state index is 0.137. The molecule has 6 nitrogen and oxygen atoms in total. The summed E-state index contributed by atoms with van der Waals surface area (Å²) in [5.74, 6) is -0.815. The number of hydrogen-bond donors (Lipinski definition) is 3. The van der Waals surface area contributed by atoms with Gasteiger partial charge in [0.25, 0.3) is 0 Å². The number of nitriles is 1. The van der Waals surface area contributed by atoms with Gasteiger partial charge in [0.2, 0.25) is 0 Å². The van der Waals surface area contributed by atoms with E-state index in [1.54, 1.807) is 18.3 Å². The van der Waals surface area contributed by atoms with Crippen molar-refractivity contribution in [3.05, 3.63) is 77.5 Å². The number of anilines is 1. The number of phenols is 1. The van der Waals surface area contributed by atoms with Crippen LogP contribution in [0, 0.1) is 35.8 Å². The number of aryl methyl sites for hydroxylation is 1. The average Bonchev–Trinajstić information content (AvgIpc) is 2.87. The van der Waals surface area contributed by atoms with Gasteiger partial charge in [0, 0.05) is 54.9 Å². The molecule has 38 heavy (non-hydrogen) atoms. The molecule has 0 bridgehead atoms. The number of halogens is 2. The predicted octanol–water partition coefficient (Wildman–Crippen LogP) is 5.14. The van der Waals surface area contributed by atoms with E-state index in [4.69, 9.17) is 5.11 Å². The number of rotatable bonds is 8. The molecule has 1 aromatic heterocycles. The molecule has 2 heterocycles. The highest BCUT2D eigenvalue weighted by molar-refractivity contribution is 6.02. The van der Waals surface area contributed by atoms with E-state index in [9.17, 15) is 19.1 Å². The molecule has 5 rings (SSSR count). The number of fused-ring (bicyclic) bond motifs is 1. The Bertz CT molecular complexity index is 1520. The number of benzene rings is 3. The van der Waals surface area contributed by atoms with Gasteiger partial charge in [-0.05, 0) is 73.0 Å². The number of hydrogen-bond acceptors (Lipinski definition) is 6. The number of aromatic nitrogens is 1. The molecule has 0 spiro atoms. The lowest BCUT2D eigenvalue weighted by molar-refractivity contribution is 0.282. The Morgan fingerprint density at radius 3 is 2.58 bits per heavy atom. The van der Waals surface area contributed by atoms with E-state index in [1.807, 2.05) is 25.1 Å². The highest BCUT2D eigenvalue weighted by Crippen LogP contribution is 2.42. The lowest BCUT2D eigenvalue weighted by Gasteiger charge is -2.42. The molecule has 0 amide bonds. The fourth-order valence-electron chi connectivity index (χ4n) is 5.09. The molecule has 1 fully saturated rings. The van der Waals surface area contributed by atoms with E-state index >= 15 is 0 Å². The Morgan fingerprint density at radius 1 is 1.05 bits per heavy atom. The van der Waals surface area contributed by atoms with Crippen molar-refractivity contribution in [3.8, 4) is 34.1 Å². The summed E-state index contributed by atoms with van der Waals surface area (Å²) >= 11 is 0. The smallest absolute Gasteiger partial charge is 0.141 e. The van der Waals surface area contributed by atoms with Crippen LogP contribution in [0.15, 0.2) is 54.7 Å². The maximum atomic E-state index is 14.4. The minimum Gasteiger partial charge on any atom is -0.506 e. The van der Waals surface area contributed by atoms with Gasteiger partial charge in [-0.1, -0.05) is 12.1 Å². The van der Waals surface area contributed by atoms with Gasteiger partial charge < -0.3 is 20.4 Å². The van der Waals surface area contributed by atoms with Gasteiger partial charge in [0.1, 0.15) is 23.5 Å². The maximum absolute atomic E-state index is 14.4. The third-order valence-corrected chi connectivity index (χ3v) is 6.92. The maximum Gasteiger partial charge on any atom is 0.141 e. The van der Waals surface area contributed by atoms with Gasteiger partial charge in [-0.15, -0.1) is 0 Å². The van der Waals surface area contributed by atoms with Crippen molar-refractivity contribution in [2.75, 3.05) is 37.7 Å². The van der Waals surface area contributed by atoms with Crippen molar-refractivity contribution in [3.63, 3.8) is 0 Å². The summed E-state index contributed by atoms with van der Waals surface area (Å²) in [6.45, 7) is 5.14. The van der Waals surface area contributed by atoms with E-state index in [0.29, 0.717) is 29.0 Å². The van der Waals surface area contributed by atoms with Gasteiger partial charge in [0.05, 0.1) is 16.8 Å². The first-order valence-corrected chi connectivity index (χ1v) is 12.6. The van der Waals surface area contributed by atoms with Gasteiger partial charge in [0.15, 0.2) is 0 Å². The van der Waals surface area contributed by atoms with Gasteiger partial charge in [-0.2, -0.15) is 5.26 Å². The topological polar surface area (TPSA) is 92.4 Å². The fraction of sp³-hybridized carbons (Fsp3) is 0.267. The summed E-state index contributed by atoms with van der Waals surface area (Å²) in [6, 6.07) is 14.3. The van der Waals surface area contributed by atoms with Crippen LogP contribution in [0.25, 0.3) is 33.2 Å². The van der Waals surface area contributed by atoms with E-state index in [0.717, 1.165) is 54.4 Å². The second-order valence-corrected chi connectivity index (χ2v) is 9.78. The summed E-state index contributed by atoms with van der Waals surface area (Å²) in [4.78, 5) is 6.87. The molecule has 0 unspecified atom stereocenters. The van der Waals surface area contributed by atoms with Gasteiger partial charge in [-0.25, -0.2) is 8.78 Å². The van der Waals surface area contributed by atoms with Crippen molar-refractivity contribution in [1.29, 1.82) is 5.26 Å². The van der Waals surface area contributed by atoms with Crippen LogP contribution in [-0.4, -0.2) is 48.0 Å². The first-order valence-electron chi connectivity index (χ1n) is 12.6. The Kier molecular flexibility index (Phi) is 7.23. The number of aliphatic hydroxyl groups is 1. The molecule has 1 aliphatic rings. The van der Waals surface area contributed by atoms with Crippen LogP contribution >= 0.6 is 0 Å². The molecule has 0 atom stereocenters. The van der Waals surface area contributed by atoms with E-state index in [2.05, 4.69) is 15.2 Å². The third kappa shape index (κ3) is 5.03. The van der Waals surface area contributed by atoms with Crippen LogP contribution in [0.3, 0.4) is 0 Å². The van der Waals surface area contributed by atoms with E-state index in [-0.39, 0.29) is 29.3 Å². The standard InChI is InChI=1S/C30H28F2N4O2/c1-18-7-21(9-23(31)8-18)27-15-35-28-4-3-20(25-12-24(32)10-22(13-33)30(25)38)11-26(28)29(27)36-16-19(17-36)14-34-5-2-6-37/h3-4,7-12,15,19,34,37-38H,2,5-6,14,16-17H2,1H3. The monoisotopic (exact) mass is 514 g/mol. The summed E-state index contributed by atoms with van der Waals surface area (Å²) in [7, 11) is 0. The first kappa shape index (κ1) is 25.6. The van der Waals surface area contributed by atoms with Crippen LogP contribution < -0.4 is 10.2 Å². The number of nitrogens with one attached hydrogen (secondary N) is 1. The lowest BCUT2D eigenvalue weighted by Crippen LogP contribution is -2.51. The zero-order valence-corrected chi connectivity index (χ0v) is 21.0. The molecular weight excluding hydrogens is 486 g/mol. The molecule has 3 aromatic carbocycles. The second-order valence-electron chi connectivity index (χ2n) is 9.78. The van der Waals surface area contributed by atoms with Crippen LogP contribution in [0.4, 0.5) is 14.5 Å². The van der Waals surface area contributed by atoms with Crippen molar-refractivity contribution in [2.45, 2.75) is 13.3 Å². The van der Waals surface area contributed by atoms with Crippen LogP contribution in [0.1, 0.15) is 17.5 Å². The van der Waals surface area contributed by atoms with Crippen LogP contribution in [0.2, 0.25) is 0 Å². The molecule has 8 heteroatoms. The molecular formula is C30H28F2N4O2. The summed E-state index contributed by atoms with van der Waals surface area (Å²) in [5.41, 5.74) is 4.52. The zero-order valence-electron chi connectivity index (χ0n) is 21.0. The number of phenolic OH excluding ortho intramolecular Hbond substituents is 1. The molecule has 4 aromatic rings. The number of pyridine rings is 1. The third-order valence-electron chi connectivity index (χ3n) is 6.92. The summed E-state index contributed by atoms with van der Waals surface area (Å²) in [5, 5.41) is 33.1. The highest BCUT2D eigenvalue weighted by Gasteiger charge is 2.30. The molecule has 0 aliphatic carbocycles. The normalized spacial score (nSPS) is 13.5. The number of aliphatic hydroxyl groups excluding tert-OH is 1. The molecule has 3 N–H and O–H groups in total. The van der Waals surface area contributed by atoms with Crippen molar-refractivity contribution in [2.24, 2.45) is 5.92 Å². The predicted molar refractivity (Wildman–Crippen MR) is 144 cm³/mol. The fourth-order valence-corrected chi connectivity index (χ4v) is 5.09. The highest BCUT2D eigenvalue weighted by atomic mass is 19.1. The Balaban J connectivity index is 1.61. The number of aromatic hydroxyl groups is 1. The van der Waals surface area contributed by atoms with Crippen molar-refractivity contribution < 1.29 is 19.0 Å². The molecule has 194 valence electrons. The zero-order chi connectivity index (χ0) is 26.8. The Morgan fingerprint density at radius 2 is 1.84 bits per heavy atom. The van der Waals surface area contributed by atoms with Crippen LogP contribution in [-0.2, 0) is 0 Å². The molecule has 1 saturated heterocycles. The Labute approximate surface area is 219 Å². The van der Waals surface area contributed by atoms with Crippen molar-refractivity contribution >= 4 is 16.6 Å². The molecule has 1 aliphatic heterocycles. The van der Waals surface area contributed by atoms with Crippen LogP contribution in [0.5, 0.6) is 5.75 Å². The lowest BCUT2D eigenvalue weighted by atomic mass is 9.92. The molecule has 0 saturated carbocycles. The molecule has 0 radical (unpaired) electrons. The van der Waals surface area contributed by atoms with Gasteiger partial charge in [-0.3, -0.25) is 4.98 Å². The summed E-state index contributed by atoms with van der Waals surface area (Å²) in [6.07, 6.45) is 2.46.